The van der Waals surface area contributed by atoms with Crippen LogP contribution in [0, 0.1) is 16.0 Å². The molecule has 0 saturated carbocycles. The maximum Gasteiger partial charge on any atom is 0.272 e. The summed E-state index contributed by atoms with van der Waals surface area (Å²) in [6.45, 7) is 2.01. The Morgan fingerprint density at radius 2 is 2.08 bits per heavy atom. The Hall–Kier alpha value is -2.74. The van der Waals surface area contributed by atoms with Crippen molar-refractivity contribution in [3.63, 3.8) is 0 Å². The lowest BCUT2D eigenvalue weighted by atomic mass is 10.0. The molecule has 1 aromatic rings. The number of nitrogens with one attached hydrogen (secondary N) is 1. The Bertz CT molecular complexity index is 829. The molecule has 0 aromatic heterocycles. The molecule has 7 nitrogen and oxygen atoms in total. The summed E-state index contributed by atoms with van der Waals surface area (Å²) < 4.78 is 0. The smallest absolute Gasteiger partial charge is 0.272 e. The molecule has 2 atom stereocenters. The summed E-state index contributed by atoms with van der Waals surface area (Å²) >= 11 is 1.24. The minimum atomic E-state index is -0.459. The van der Waals surface area contributed by atoms with E-state index in [0.29, 0.717) is 10.7 Å². The fourth-order valence-corrected chi connectivity index (χ4v) is 3.46. The summed E-state index contributed by atoms with van der Waals surface area (Å²) in [5, 5.41) is 22.0. The number of hydrogen-bond acceptors (Lipinski definition) is 6. The number of allylic oxidation sites excluding steroid dienone is 4. The minimum Gasteiger partial charge on any atom is -0.303 e. The van der Waals surface area contributed by atoms with Crippen LogP contribution in [0.2, 0.25) is 0 Å². The topological polar surface area (TPSA) is 97.0 Å². The van der Waals surface area contributed by atoms with Crippen molar-refractivity contribution in [3.05, 3.63) is 64.2 Å². The number of amides is 1. The Morgan fingerprint density at radius 3 is 2.84 bits per heavy atom. The average molecular weight is 356 g/mol. The molecule has 1 aromatic carbocycles. The number of hydrogen-bond donors (Lipinski definition) is 1. The van der Waals surface area contributed by atoms with E-state index in [4.69, 9.17) is 0 Å². The molecule has 1 amide bonds. The third kappa shape index (κ3) is 4.03. The van der Waals surface area contributed by atoms with Crippen LogP contribution in [-0.4, -0.2) is 27.0 Å². The van der Waals surface area contributed by atoms with Crippen molar-refractivity contribution in [2.75, 3.05) is 0 Å². The molecular formula is C17H16N4O3S. The molecule has 1 N–H and O–H groups in total. The van der Waals surface area contributed by atoms with Gasteiger partial charge in [0.05, 0.1) is 15.9 Å². The lowest BCUT2D eigenvalue weighted by Crippen LogP contribution is -2.26. The second kappa shape index (κ2) is 7.43. The summed E-state index contributed by atoms with van der Waals surface area (Å²) in [6.07, 6.45) is 7.99. The van der Waals surface area contributed by atoms with E-state index in [1.165, 1.54) is 17.8 Å². The second-order valence-corrected chi connectivity index (χ2v) is 6.84. The van der Waals surface area contributed by atoms with Gasteiger partial charge in [-0.1, -0.05) is 55.1 Å². The molecule has 1 fully saturated rings. The van der Waals surface area contributed by atoms with Crippen molar-refractivity contribution in [1.82, 2.24) is 5.32 Å². The Balaban J connectivity index is 1.72. The van der Waals surface area contributed by atoms with Crippen LogP contribution in [-0.2, 0) is 11.2 Å². The first-order valence-corrected chi connectivity index (χ1v) is 8.63. The van der Waals surface area contributed by atoms with Crippen LogP contribution in [0.1, 0.15) is 12.5 Å². The first-order chi connectivity index (χ1) is 12.0. The normalized spacial score (nSPS) is 25.6. The standard InChI is InChI=1S/C17H16N4O3S/c1-11-6-2-4-8-13(11)19-20-17-18-16(22)15(25-17)10-12-7-3-5-9-14(12)21(23)24/h2-9,11,15H,10H2,1H3,(H,18,20,22)/b19-13+/t11-,15+/m0/s1. The van der Waals surface area contributed by atoms with E-state index in [9.17, 15) is 14.9 Å². The van der Waals surface area contributed by atoms with Crippen LogP contribution in [0.25, 0.3) is 0 Å². The first kappa shape index (κ1) is 17.1. The number of thioether (sulfide) groups is 1. The Labute approximate surface area is 148 Å². The van der Waals surface area contributed by atoms with Crippen molar-refractivity contribution >= 4 is 34.2 Å². The third-order valence-electron chi connectivity index (χ3n) is 3.87. The van der Waals surface area contributed by atoms with Gasteiger partial charge in [0.15, 0.2) is 5.17 Å². The number of para-hydroxylation sites is 1. The lowest BCUT2D eigenvalue weighted by molar-refractivity contribution is -0.385. The maximum absolute atomic E-state index is 12.1. The molecule has 25 heavy (non-hydrogen) atoms. The van der Waals surface area contributed by atoms with Gasteiger partial charge in [0.1, 0.15) is 0 Å². The molecule has 1 saturated heterocycles. The number of rotatable bonds is 4. The highest BCUT2D eigenvalue weighted by Crippen LogP contribution is 2.27. The zero-order valence-corrected chi connectivity index (χ0v) is 14.3. The zero-order chi connectivity index (χ0) is 17.8. The first-order valence-electron chi connectivity index (χ1n) is 7.75. The van der Waals surface area contributed by atoms with Gasteiger partial charge in [-0.05, 0) is 6.08 Å². The number of carbonyl (C=O) groups is 1. The second-order valence-electron chi connectivity index (χ2n) is 5.65. The van der Waals surface area contributed by atoms with Crippen molar-refractivity contribution < 1.29 is 9.72 Å². The van der Waals surface area contributed by atoms with Gasteiger partial charge < -0.3 is 5.32 Å². The summed E-state index contributed by atoms with van der Waals surface area (Å²) in [4.78, 5) is 22.8. The molecule has 3 rings (SSSR count). The Morgan fingerprint density at radius 1 is 1.28 bits per heavy atom. The molecule has 1 aliphatic carbocycles. The maximum atomic E-state index is 12.1. The van der Waals surface area contributed by atoms with Gasteiger partial charge in [0.25, 0.3) is 5.69 Å². The summed E-state index contributed by atoms with van der Waals surface area (Å²) in [5.41, 5.74) is 1.36. The molecule has 0 radical (unpaired) electrons. The van der Waals surface area contributed by atoms with Crippen molar-refractivity contribution in [2.45, 2.75) is 18.6 Å². The van der Waals surface area contributed by atoms with Gasteiger partial charge in [0, 0.05) is 24.0 Å². The highest BCUT2D eigenvalue weighted by atomic mass is 32.2. The monoisotopic (exact) mass is 356 g/mol. The largest absolute Gasteiger partial charge is 0.303 e. The van der Waals surface area contributed by atoms with Gasteiger partial charge in [-0.2, -0.15) is 5.10 Å². The fourth-order valence-electron chi connectivity index (χ4n) is 2.51. The van der Waals surface area contributed by atoms with Gasteiger partial charge in [-0.3, -0.25) is 14.9 Å². The highest BCUT2D eigenvalue weighted by molar-refractivity contribution is 8.15. The molecular weight excluding hydrogens is 340 g/mol. The van der Waals surface area contributed by atoms with E-state index in [1.807, 2.05) is 31.2 Å². The predicted molar refractivity (Wildman–Crippen MR) is 98.6 cm³/mol. The molecule has 1 aliphatic heterocycles. The van der Waals surface area contributed by atoms with Crippen molar-refractivity contribution in [2.24, 2.45) is 16.1 Å². The van der Waals surface area contributed by atoms with E-state index < -0.39 is 10.2 Å². The van der Waals surface area contributed by atoms with Crippen LogP contribution >= 0.6 is 11.8 Å². The minimum absolute atomic E-state index is 0.0227. The highest BCUT2D eigenvalue weighted by Gasteiger charge is 2.32. The van der Waals surface area contributed by atoms with E-state index in [0.717, 1.165) is 5.71 Å². The van der Waals surface area contributed by atoms with Crippen molar-refractivity contribution in [1.29, 1.82) is 0 Å². The van der Waals surface area contributed by atoms with Gasteiger partial charge in [-0.25, -0.2) is 0 Å². The van der Waals surface area contributed by atoms with Crippen LogP contribution < -0.4 is 5.32 Å². The Kier molecular flexibility index (Phi) is 5.08. The average Bonchev–Trinajstić information content (AvgIpc) is 2.94. The van der Waals surface area contributed by atoms with Crippen LogP contribution in [0.15, 0.2) is 58.8 Å². The number of benzene rings is 1. The molecule has 128 valence electrons. The summed E-state index contributed by atoms with van der Waals surface area (Å²) in [7, 11) is 0. The van der Waals surface area contributed by atoms with E-state index in [2.05, 4.69) is 15.5 Å². The van der Waals surface area contributed by atoms with Crippen LogP contribution in [0.5, 0.6) is 0 Å². The molecule has 0 bridgehead atoms. The number of nitro groups is 1. The van der Waals surface area contributed by atoms with Crippen molar-refractivity contribution in [3.8, 4) is 0 Å². The van der Waals surface area contributed by atoms with Gasteiger partial charge in [0.2, 0.25) is 5.91 Å². The van der Waals surface area contributed by atoms with E-state index >= 15 is 0 Å². The summed E-state index contributed by atoms with van der Waals surface area (Å²) in [5.74, 6) is -0.0477. The third-order valence-corrected chi connectivity index (χ3v) is 4.94. The zero-order valence-electron chi connectivity index (χ0n) is 13.5. The SMILES string of the molecule is C[C@H]1C=CC=C/C1=N\N=C1NC(=O)[C@@H](Cc2ccccc2[N+](=O)[O-])S1. The van der Waals surface area contributed by atoms with Crippen LogP contribution in [0.3, 0.4) is 0 Å². The molecule has 8 heteroatoms. The van der Waals surface area contributed by atoms with E-state index in [1.54, 1.807) is 18.2 Å². The number of nitro benzene ring substituents is 1. The number of carbonyl (C=O) groups excluding carboxylic acids is 1. The number of nitrogens with zero attached hydrogens (tertiary/aromatic N) is 3. The fraction of sp³-hybridized carbons (Fsp3) is 0.235. The van der Waals surface area contributed by atoms with E-state index in [-0.39, 0.29) is 23.9 Å². The molecule has 2 aliphatic rings. The van der Waals surface area contributed by atoms with Gasteiger partial charge >= 0.3 is 0 Å². The number of amidine groups is 1. The summed E-state index contributed by atoms with van der Waals surface area (Å²) in [6, 6.07) is 6.45. The van der Waals surface area contributed by atoms with Gasteiger partial charge in [-0.15, -0.1) is 5.10 Å². The molecule has 1 heterocycles. The molecule has 0 unspecified atom stereocenters. The lowest BCUT2D eigenvalue weighted by Gasteiger charge is -2.07. The quantitative estimate of drug-likeness (QED) is 0.662. The molecule has 0 spiro atoms. The van der Waals surface area contributed by atoms with Crippen LogP contribution in [0.4, 0.5) is 5.69 Å². The predicted octanol–water partition coefficient (Wildman–Crippen LogP) is 2.84.